The lowest BCUT2D eigenvalue weighted by atomic mass is 10.2. The minimum absolute atomic E-state index is 0.195. The van der Waals surface area contributed by atoms with Crippen LogP contribution < -0.4 is 10.5 Å². The predicted octanol–water partition coefficient (Wildman–Crippen LogP) is 1.59. The summed E-state index contributed by atoms with van der Waals surface area (Å²) in [7, 11) is -1.77. The van der Waals surface area contributed by atoms with Crippen molar-refractivity contribution in [3.05, 3.63) is 40.1 Å². The van der Waals surface area contributed by atoms with Gasteiger partial charge in [0, 0.05) is 29.9 Å². The van der Waals surface area contributed by atoms with E-state index in [9.17, 15) is 8.42 Å². The number of rotatable bonds is 5. The van der Waals surface area contributed by atoms with E-state index in [1.165, 1.54) is 0 Å². The van der Waals surface area contributed by atoms with Crippen LogP contribution in [0.2, 0.25) is 0 Å². The average molecular weight is 373 g/mol. The Balaban J connectivity index is 2.12. The second kappa shape index (κ2) is 6.17. The maximum Gasteiger partial charge on any atom is 0.240 e. The Morgan fingerprint density at radius 2 is 2.14 bits per heavy atom. The summed E-state index contributed by atoms with van der Waals surface area (Å²) < 4.78 is 29.6. The van der Waals surface area contributed by atoms with Gasteiger partial charge in [-0.3, -0.25) is 4.68 Å². The van der Waals surface area contributed by atoms with Crippen LogP contribution in [0.5, 0.6) is 0 Å². The van der Waals surface area contributed by atoms with Gasteiger partial charge in [0.2, 0.25) is 10.0 Å². The smallest absolute Gasteiger partial charge is 0.240 e. The molecule has 0 fully saturated rings. The second-order valence-electron chi connectivity index (χ2n) is 4.79. The van der Waals surface area contributed by atoms with Gasteiger partial charge in [-0.2, -0.15) is 5.10 Å². The van der Waals surface area contributed by atoms with Crippen molar-refractivity contribution in [2.24, 2.45) is 7.05 Å². The third kappa shape index (κ3) is 3.84. The van der Waals surface area contributed by atoms with E-state index in [1.54, 1.807) is 29.9 Å². The van der Waals surface area contributed by atoms with Crippen molar-refractivity contribution in [2.75, 3.05) is 12.3 Å². The average Bonchev–Trinajstić information content (AvgIpc) is 2.79. The molecule has 1 aromatic carbocycles. The topological polar surface area (TPSA) is 90.0 Å². The highest BCUT2D eigenvalue weighted by Crippen LogP contribution is 2.26. The molecule has 0 atom stereocenters. The largest absolute Gasteiger partial charge is 0.398 e. The maximum absolute atomic E-state index is 12.3. The van der Waals surface area contributed by atoms with Crippen LogP contribution in [0.25, 0.3) is 0 Å². The molecular weight excluding hydrogens is 356 g/mol. The molecule has 114 valence electrons. The zero-order valence-corrected chi connectivity index (χ0v) is 14.2. The van der Waals surface area contributed by atoms with Crippen LogP contribution in [0.15, 0.2) is 33.9 Å². The molecule has 0 aliphatic carbocycles. The van der Waals surface area contributed by atoms with Gasteiger partial charge < -0.3 is 5.73 Å². The number of nitrogens with zero attached hydrogens (tertiary/aromatic N) is 2. The number of halogens is 1. The number of sulfonamides is 1. The highest BCUT2D eigenvalue weighted by Gasteiger charge is 2.18. The summed E-state index contributed by atoms with van der Waals surface area (Å²) in [5.74, 6) is 0. The van der Waals surface area contributed by atoms with E-state index in [0.717, 1.165) is 5.56 Å². The minimum Gasteiger partial charge on any atom is -0.398 e. The molecule has 0 saturated carbocycles. The van der Waals surface area contributed by atoms with Crippen molar-refractivity contribution in [3.8, 4) is 0 Å². The molecule has 2 rings (SSSR count). The Bertz CT molecular complexity index is 756. The number of nitrogen functional groups attached to an aromatic ring is 1. The van der Waals surface area contributed by atoms with Gasteiger partial charge in [0.05, 0.1) is 11.1 Å². The van der Waals surface area contributed by atoms with Crippen LogP contribution in [0.3, 0.4) is 0 Å². The number of benzene rings is 1. The van der Waals surface area contributed by atoms with Crippen molar-refractivity contribution >= 4 is 31.6 Å². The lowest BCUT2D eigenvalue weighted by molar-refractivity contribution is 0.581. The molecular formula is C13H17BrN4O2S. The number of nitrogens with one attached hydrogen (secondary N) is 1. The molecule has 0 spiro atoms. The first-order chi connectivity index (χ1) is 9.79. The van der Waals surface area contributed by atoms with E-state index in [-0.39, 0.29) is 4.90 Å². The Morgan fingerprint density at radius 3 is 2.76 bits per heavy atom. The molecule has 0 aliphatic heterocycles. The van der Waals surface area contributed by atoms with E-state index in [2.05, 4.69) is 25.8 Å². The molecule has 0 unspecified atom stereocenters. The van der Waals surface area contributed by atoms with E-state index in [4.69, 9.17) is 5.73 Å². The Morgan fingerprint density at radius 1 is 1.43 bits per heavy atom. The van der Waals surface area contributed by atoms with Gasteiger partial charge in [0.15, 0.2) is 0 Å². The number of aromatic nitrogens is 2. The van der Waals surface area contributed by atoms with Crippen molar-refractivity contribution < 1.29 is 8.42 Å². The van der Waals surface area contributed by atoms with Gasteiger partial charge in [-0.05, 0) is 36.6 Å². The highest BCUT2D eigenvalue weighted by atomic mass is 79.9. The number of anilines is 1. The zero-order valence-electron chi connectivity index (χ0n) is 11.8. The molecule has 0 saturated heterocycles. The normalized spacial score (nSPS) is 11.8. The third-order valence-electron chi connectivity index (χ3n) is 3.12. The number of aryl methyl sites for hydroxylation is 1. The standard InChI is InChI=1S/C13H17BrN4O2S/c1-9-12(15)5-11(14)6-13(9)21(19,20)17-4-3-10-7-16-18(2)8-10/h5-8,17H,3-4,15H2,1-2H3. The van der Waals surface area contributed by atoms with Crippen molar-refractivity contribution in [2.45, 2.75) is 18.2 Å². The number of hydrogen-bond acceptors (Lipinski definition) is 4. The van der Waals surface area contributed by atoms with E-state index >= 15 is 0 Å². The Hall–Kier alpha value is -1.38. The zero-order chi connectivity index (χ0) is 15.6. The number of hydrogen-bond donors (Lipinski definition) is 2. The van der Waals surface area contributed by atoms with Crippen LogP contribution in [-0.4, -0.2) is 24.7 Å². The molecule has 21 heavy (non-hydrogen) atoms. The van der Waals surface area contributed by atoms with Gasteiger partial charge in [0.25, 0.3) is 0 Å². The molecule has 1 aromatic heterocycles. The van der Waals surface area contributed by atoms with Gasteiger partial charge in [-0.1, -0.05) is 15.9 Å². The van der Waals surface area contributed by atoms with Crippen LogP contribution in [-0.2, 0) is 23.5 Å². The molecule has 3 N–H and O–H groups in total. The first-order valence-electron chi connectivity index (χ1n) is 6.32. The lowest BCUT2D eigenvalue weighted by Gasteiger charge is -2.11. The molecule has 2 aromatic rings. The molecule has 6 nitrogen and oxygen atoms in total. The maximum atomic E-state index is 12.3. The highest BCUT2D eigenvalue weighted by molar-refractivity contribution is 9.10. The van der Waals surface area contributed by atoms with Crippen molar-refractivity contribution in [1.29, 1.82) is 0 Å². The van der Waals surface area contributed by atoms with Crippen molar-refractivity contribution in [1.82, 2.24) is 14.5 Å². The van der Waals surface area contributed by atoms with Crippen molar-refractivity contribution in [3.63, 3.8) is 0 Å². The molecule has 0 radical (unpaired) electrons. The first kappa shape index (κ1) is 16.0. The summed E-state index contributed by atoms with van der Waals surface area (Å²) in [6, 6.07) is 3.24. The van der Waals surface area contributed by atoms with Gasteiger partial charge in [-0.25, -0.2) is 13.1 Å². The molecule has 8 heteroatoms. The van der Waals surface area contributed by atoms with E-state index in [0.29, 0.717) is 28.7 Å². The molecule has 0 aliphatic rings. The van der Waals surface area contributed by atoms with Gasteiger partial charge in [0.1, 0.15) is 0 Å². The van der Waals surface area contributed by atoms with Crippen LogP contribution in [0.4, 0.5) is 5.69 Å². The number of nitrogens with two attached hydrogens (primary N) is 1. The first-order valence-corrected chi connectivity index (χ1v) is 8.60. The van der Waals surface area contributed by atoms with Gasteiger partial charge >= 0.3 is 0 Å². The van der Waals surface area contributed by atoms with E-state index in [1.807, 2.05) is 13.2 Å². The fourth-order valence-electron chi connectivity index (χ4n) is 1.96. The lowest BCUT2D eigenvalue weighted by Crippen LogP contribution is -2.26. The summed E-state index contributed by atoms with van der Waals surface area (Å²) >= 11 is 3.26. The predicted molar refractivity (Wildman–Crippen MR) is 85.4 cm³/mol. The SMILES string of the molecule is Cc1c(N)cc(Br)cc1S(=O)(=O)NCCc1cnn(C)c1. The molecule has 1 heterocycles. The van der Waals surface area contributed by atoms with Crippen LogP contribution in [0, 0.1) is 6.92 Å². The Labute approximate surface area is 132 Å². The van der Waals surface area contributed by atoms with E-state index < -0.39 is 10.0 Å². The summed E-state index contributed by atoms with van der Waals surface area (Å²) in [6.07, 6.45) is 4.16. The van der Waals surface area contributed by atoms with Gasteiger partial charge in [-0.15, -0.1) is 0 Å². The second-order valence-corrected chi connectivity index (χ2v) is 7.44. The Kier molecular flexibility index (Phi) is 4.70. The fraction of sp³-hybridized carbons (Fsp3) is 0.308. The van der Waals surface area contributed by atoms with Crippen LogP contribution >= 0.6 is 15.9 Å². The summed E-state index contributed by atoms with van der Waals surface area (Å²) in [5, 5.41) is 4.04. The molecule has 0 amide bonds. The quantitative estimate of drug-likeness (QED) is 0.779. The summed E-state index contributed by atoms with van der Waals surface area (Å²) in [4.78, 5) is 0.195. The van der Waals surface area contributed by atoms with Crippen LogP contribution in [0.1, 0.15) is 11.1 Å². The minimum atomic E-state index is -3.59. The third-order valence-corrected chi connectivity index (χ3v) is 5.16. The summed E-state index contributed by atoms with van der Waals surface area (Å²) in [5.41, 5.74) is 7.77. The monoisotopic (exact) mass is 372 g/mol. The summed E-state index contributed by atoms with van der Waals surface area (Å²) in [6.45, 7) is 2.00. The molecule has 0 bridgehead atoms. The fourth-order valence-corrected chi connectivity index (χ4v) is 3.92.